The Morgan fingerprint density at radius 1 is 1.28 bits per heavy atom. The molecule has 1 saturated heterocycles. The van der Waals surface area contributed by atoms with E-state index in [4.69, 9.17) is 9.47 Å². The topological polar surface area (TPSA) is 54.9 Å². The van der Waals surface area contributed by atoms with Crippen LogP contribution in [0.1, 0.15) is 44.7 Å². The molecule has 1 fully saturated rings. The number of nitrogens with zero attached hydrogens (tertiary/aromatic N) is 1. The van der Waals surface area contributed by atoms with Gasteiger partial charge in [-0.2, -0.15) is 0 Å². The first kappa shape index (κ1) is 19.7. The Balaban J connectivity index is 1.66. The maximum Gasteiger partial charge on any atom is 0.191 e. The molecule has 0 spiro atoms. The molecule has 1 heterocycles. The minimum atomic E-state index is 0.226. The molecule has 0 aliphatic carbocycles. The van der Waals surface area contributed by atoms with E-state index in [1.165, 1.54) is 5.56 Å². The Morgan fingerprint density at radius 2 is 2.04 bits per heavy atom. The van der Waals surface area contributed by atoms with Crippen LogP contribution >= 0.6 is 0 Å². The quantitative estimate of drug-likeness (QED) is 0.409. The van der Waals surface area contributed by atoms with Crippen molar-refractivity contribution >= 4 is 5.96 Å². The van der Waals surface area contributed by atoms with Crippen LogP contribution in [0.2, 0.25) is 0 Å². The second-order valence-corrected chi connectivity index (χ2v) is 6.52. The Hall–Kier alpha value is -1.59. The molecule has 2 rings (SSSR count). The highest BCUT2D eigenvalue weighted by molar-refractivity contribution is 5.80. The smallest absolute Gasteiger partial charge is 0.191 e. The van der Waals surface area contributed by atoms with Gasteiger partial charge in [-0.1, -0.05) is 30.3 Å². The summed E-state index contributed by atoms with van der Waals surface area (Å²) >= 11 is 0. The summed E-state index contributed by atoms with van der Waals surface area (Å²) in [6.07, 6.45) is 3.20. The van der Waals surface area contributed by atoms with Gasteiger partial charge in [-0.3, -0.25) is 4.99 Å². The van der Waals surface area contributed by atoms with Crippen LogP contribution in [0.25, 0.3) is 0 Å². The normalized spacial score (nSPS) is 17.3. The maximum atomic E-state index is 5.80. The molecule has 0 aromatic heterocycles. The molecule has 1 atom stereocenters. The van der Waals surface area contributed by atoms with E-state index in [2.05, 4.69) is 53.7 Å². The van der Waals surface area contributed by atoms with E-state index in [1.807, 2.05) is 6.07 Å². The third kappa shape index (κ3) is 7.88. The molecule has 0 bridgehead atoms. The monoisotopic (exact) mass is 347 g/mol. The van der Waals surface area contributed by atoms with Crippen LogP contribution in [0.4, 0.5) is 0 Å². The van der Waals surface area contributed by atoms with Crippen molar-refractivity contribution in [3.8, 4) is 0 Å². The van der Waals surface area contributed by atoms with Crippen molar-refractivity contribution in [2.45, 2.75) is 39.2 Å². The van der Waals surface area contributed by atoms with E-state index in [0.29, 0.717) is 5.92 Å². The summed E-state index contributed by atoms with van der Waals surface area (Å²) in [6, 6.07) is 10.6. The van der Waals surface area contributed by atoms with Crippen LogP contribution in [0.15, 0.2) is 35.3 Å². The molecule has 5 nitrogen and oxygen atoms in total. The molecule has 0 amide bonds. The summed E-state index contributed by atoms with van der Waals surface area (Å²) in [4.78, 5) is 4.66. The molecule has 1 aliphatic rings. The molecular weight excluding hydrogens is 314 g/mol. The van der Waals surface area contributed by atoms with Crippen molar-refractivity contribution in [3.05, 3.63) is 35.9 Å². The van der Waals surface area contributed by atoms with Crippen molar-refractivity contribution in [2.24, 2.45) is 10.9 Å². The molecule has 2 N–H and O–H groups in total. The average Bonchev–Trinajstić information content (AvgIpc) is 2.66. The number of benzene rings is 1. The van der Waals surface area contributed by atoms with Gasteiger partial charge in [-0.15, -0.1) is 0 Å². The molecule has 0 saturated carbocycles. The molecule has 1 unspecified atom stereocenters. The second-order valence-electron chi connectivity index (χ2n) is 6.52. The van der Waals surface area contributed by atoms with Gasteiger partial charge in [0.2, 0.25) is 0 Å². The summed E-state index contributed by atoms with van der Waals surface area (Å²) in [5.41, 5.74) is 1.26. The summed E-state index contributed by atoms with van der Waals surface area (Å²) in [7, 11) is 0. The number of nitrogens with one attached hydrogen (secondary N) is 2. The molecule has 1 aromatic rings. The lowest BCUT2D eigenvalue weighted by Gasteiger charge is -2.21. The lowest BCUT2D eigenvalue weighted by molar-refractivity contribution is 0.0205. The maximum absolute atomic E-state index is 5.80. The van der Waals surface area contributed by atoms with Gasteiger partial charge < -0.3 is 20.1 Å². The molecule has 0 radical (unpaired) electrons. The van der Waals surface area contributed by atoms with Crippen molar-refractivity contribution in [1.82, 2.24) is 10.6 Å². The zero-order valence-corrected chi connectivity index (χ0v) is 15.7. The first-order valence-electron chi connectivity index (χ1n) is 9.55. The standard InChI is InChI=1S/C20H33N3O2/c1-3-21-20(23-17(2)19-8-5-4-6-9-19)22-12-7-13-25-16-18-10-14-24-15-11-18/h4-6,8-9,17-18H,3,7,10-16H2,1-2H3,(H2,21,22,23). The summed E-state index contributed by atoms with van der Waals surface area (Å²) < 4.78 is 11.2. The zero-order chi connectivity index (χ0) is 17.7. The van der Waals surface area contributed by atoms with Crippen LogP contribution in [-0.2, 0) is 9.47 Å². The molecule has 1 aromatic carbocycles. The van der Waals surface area contributed by atoms with E-state index in [-0.39, 0.29) is 6.04 Å². The summed E-state index contributed by atoms with van der Waals surface area (Å²) in [5.74, 6) is 1.53. The average molecular weight is 348 g/mol. The van der Waals surface area contributed by atoms with E-state index in [0.717, 1.165) is 64.7 Å². The SMILES string of the molecule is CCNC(=NCCCOCC1CCOCC1)NC(C)c1ccccc1. The van der Waals surface area contributed by atoms with Crippen LogP contribution in [0.3, 0.4) is 0 Å². The molecular formula is C20H33N3O2. The largest absolute Gasteiger partial charge is 0.381 e. The van der Waals surface area contributed by atoms with Gasteiger partial charge in [0, 0.05) is 39.5 Å². The molecule has 25 heavy (non-hydrogen) atoms. The fraction of sp³-hybridized carbons (Fsp3) is 0.650. The number of rotatable bonds is 9. The lowest BCUT2D eigenvalue weighted by Crippen LogP contribution is -2.38. The number of hydrogen-bond donors (Lipinski definition) is 2. The van der Waals surface area contributed by atoms with Gasteiger partial charge in [0.1, 0.15) is 0 Å². The van der Waals surface area contributed by atoms with Gasteiger partial charge in [0.05, 0.1) is 6.04 Å². The van der Waals surface area contributed by atoms with Crippen LogP contribution in [-0.4, -0.2) is 45.5 Å². The molecule has 5 heteroatoms. The highest BCUT2D eigenvalue weighted by atomic mass is 16.5. The minimum Gasteiger partial charge on any atom is -0.381 e. The molecule has 140 valence electrons. The predicted molar refractivity (Wildman–Crippen MR) is 103 cm³/mol. The van der Waals surface area contributed by atoms with E-state index in [1.54, 1.807) is 0 Å². The Morgan fingerprint density at radius 3 is 2.76 bits per heavy atom. The summed E-state index contributed by atoms with van der Waals surface area (Å²) in [6.45, 7) is 9.26. The fourth-order valence-electron chi connectivity index (χ4n) is 2.87. The number of guanidine groups is 1. The first-order chi connectivity index (χ1) is 12.3. The highest BCUT2D eigenvalue weighted by Gasteiger charge is 2.13. The fourth-order valence-corrected chi connectivity index (χ4v) is 2.87. The lowest BCUT2D eigenvalue weighted by atomic mass is 10.0. The van der Waals surface area contributed by atoms with Crippen LogP contribution < -0.4 is 10.6 Å². The summed E-state index contributed by atoms with van der Waals surface area (Å²) in [5, 5.41) is 6.77. The third-order valence-corrected chi connectivity index (χ3v) is 4.41. The van der Waals surface area contributed by atoms with E-state index in [9.17, 15) is 0 Å². The number of hydrogen-bond acceptors (Lipinski definition) is 3. The number of ether oxygens (including phenoxy) is 2. The minimum absolute atomic E-state index is 0.226. The van der Waals surface area contributed by atoms with E-state index < -0.39 is 0 Å². The van der Waals surface area contributed by atoms with Gasteiger partial charge in [-0.05, 0) is 44.6 Å². The van der Waals surface area contributed by atoms with Crippen LogP contribution in [0.5, 0.6) is 0 Å². The highest BCUT2D eigenvalue weighted by Crippen LogP contribution is 2.14. The van der Waals surface area contributed by atoms with Gasteiger partial charge in [0.25, 0.3) is 0 Å². The van der Waals surface area contributed by atoms with Crippen molar-refractivity contribution in [2.75, 3.05) is 39.5 Å². The van der Waals surface area contributed by atoms with Crippen molar-refractivity contribution < 1.29 is 9.47 Å². The Kier molecular flexibility index (Phi) is 9.37. The predicted octanol–water partition coefficient (Wildman–Crippen LogP) is 3.14. The Labute approximate surface area is 152 Å². The Bertz CT molecular complexity index is 487. The van der Waals surface area contributed by atoms with Gasteiger partial charge >= 0.3 is 0 Å². The zero-order valence-electron chi connectivity index (χ0n) is 15.7. The second kappa shape index (κ2) is 11.9. The van der Waals surface area contributed by atoms with Gasteiger partial charge in [0.15, 0.2) is 5.96 Å². The third-order valence-electron chi connectivity index (χ3n) is 4.41. The van der Waals surface area contributed by atoms with Crippen molar-refractivity contribution in [1.29, 1.82) is 0 Å². The van der Waals surface area contributed by atoms with Crippen molar-refractivity contribution in [3.63, 3.8) is 0 Å². The van der Waals surface area contributed by atoms with E-state index >= 15 is 0 Å². The van der Waals surface area contributed by atoms with Crippen LogP contribution in [0, 0.1) is 5.92 Å². The first-order valence-corrected chi connectivity index (χ1v) is 9.55. The number of aliphatic imine (C=N–C) groups is 1. The molecule has 1 aliphatic heterocycles. The van der Waals surface area contributed by atoms with Gasteiger partial charge in [-0.25, -0.2) is 0 Å².